The average molecular weight is 485 g/mol. The first-order chi connectivity index (χ1) is 16.4. The van der Waals surface area contributed by atoms with E-state index in [0.717, 1.165) is 25.0 Å². The van der Waals surface area contributed by atoms with Crippen LogP contribution < -0.4 is 5.56 Å². The fourth-order valence-corrected chi connectivity index (χ4v) is 4.37. The predicted molar refractivity (Wildman–Crippen MR) is 121 cm³/mol. The SMILES string of the molecule is O=C(c1cccc(Cl)c1)N1CCC[C@H](c2nc3c(nnn3Cc3ccc(F)c(F)c3)c(=O)[nH]2)C1. The Morgan fingerprint density at radius 2 is 2.03 bits per heavy atom. The highest BCUT2D eigenvalue weighted by Crippen LogP contribution is 2.26. The lowest BCUT2D eigenvalue weighted by Crippen LogP contribution is -2.40. The van der Waals surface area contributed by atoms with Gasteiger partial charge >= 0.3 is 0 Å². The Morgan fingerprint density at radius 3 is 2.82 bits per heavy atom. The normalized spacial score (nSPS) is 16.2. The number of aromatic nitrogens is 5. The molecule has 0 unspecified atom stereocenters. The second-order valence-corrected chi connectivity index (χ2v) is 8.66. The van der Waals surface area contributed by atoms with Crippen molar-refractivity contribution >= 4 is 28.7 Å². The van der Waals surface area contributed by atoms with Crippen molar-refractivity contribution < 1.29 is 13.6 Å². The number of fused-ring (bicyclic) bond motifs is 1. The fourth-order valence-electron chi connectivity index (χ4n) is 4.18. The van der Waals surface area contributed by atoms with Gasteiger partial charge < -0.3 is 9.88 Å². The maximum Gasteiger partial charge on any atom is 0.281 e. The molecule has 1 aliphatic rings. The maximum atomic E-state index is 13.6. The van der Waals surface area contributed by atoms with Crippen LogP contribution in [0.5, 0.6) is 0 Å². The van der Waals surface area contributed by atoms with Gasteiger partial charge in [0, 0.05) is 29.6 Å². The second kappa shape index (κ2) is 8.94. The van der Waals surface area contributed by atoms with Gasteiger partial charge in [0.05, 0.1) is 6.54 Å². The van der Waals surface area contributed by atoms with E-state index in [4.69, 9.17) is 11.6 Å². The standard InChI is InChI=1S/C23H19ClF2N6O2/c24-16-5-1-3-14(10-16)23(34)31-8-2-4-15(12-31)20-27-21-19(22(33)28-20)29-30-32(21)11-13-6-7-17(25)18(26)9-13/h1,3,5-7,9-10,15H,2,4,8,11-12H2,(H,27,28,33)/t15-/m0/s1. The van der Waals surface area contributed by atoms with Gasteiger partial charge in [-0.1, -0.05) is 28.9 Å². The highest BCUT2D eigenvalue weighted by Gasteiger charge is 2.28. The van der Waals surface area contributed by atoms with Crippen molar-refractivity contribution in [3.8, 4) is 0 Å². The third kappa shape index (κ3) is 4.28. The molecule has 3 heterocycles. The summed E-state index contributed by atoms with van der Waals surface area (Å²) >= 11 is 6.03. The third-order valence-electron chi connectivity index (χ3n) is 5.88. The van der Waals surface area contributed by atoms with Gasteiger partial charge in [0.2, 0.25) is 0 Å². The summed E-state index contributed by atoms with van der Waals surface area (Å²) < 4.78 is 28.2. The molecule has 0 saturated carbocycles. The number of rotatable bonds is 4. The molecule has 0 radical (unpaired) electrons. The molecule has 1 aliphatic heterocycles. The number of hydrogen-bond acceptors (Lipinski definition) is 5. The second-order valence-electron chi connectivity index (χ2n) is 8.22. The van der Waals surface area contributed by atoms with Gasteiger partial charge in [-0.2, -0.15) is 0 Å². The zero-order valence-corrected chi connectivity index (χ0v) is 18.6. The minimum atomic E-state index is -0.972. The van der Waals surface area contributed by atoms with Gasteiger partial charge in [0.15, 0.2) is 22.8 Å². The lowest BCUT2D eigenvalue weighted by molar-refractivity contribution is 0.0704. The number of nitrogens with zero attached hydrogens (tertiary/aromatic N) is 5. The number of benzene rings is 2. The number of carbonyl (C=O) groups is 1. The molecule has 5 rings (SSSR count). The van der Waals surface area contributed by atoms with Crippen molar-refractivity contribution in [2.24, 2.45) is 0 Å². The quantitative estimate of drug-likeness (QED) is 0.478. The lowest BCUT2D eigenvalue weighted by atomic mass is 9.96. The maximum absolute atomic E-state index is 13.6. The summed E-state index contributed by atoms with van der Waals surface area (Å²) in [5.74, 6) is -1.82. The average Bonchev–Trinajstić information content (AvgIpc) is 3.24. The van der Waals surface area contributed by atoms with Crippen LogP contribution in [0.2, 0.25) is 5.02 Å². The van der Waals surface area contributed by atoms with E-state index in [1.807, 2.05) is 0 Å². The molecule has 11 heteroatoms. The van der Waals surface area contributed by atoms with Crippen LogP contribution in [0.3, 0.4) is 0 Å². The Kier molecular flexibility index (Phi) is 5.82. The zero-order valence-electron chi connectivity index (χ0n) is 17.8. The van der Waals surface area contributed by atoms with Crippen molar-refractivity contribution in [1.29, 1.82) is 0 Å². The number of halogens is 3. The number of nitrogens with one attached hydrogen (secondary N) is 1. The molecule has 0 bridgehead atoms. The Bertz CT molecular complexity index is 1450. The summed E-state index contributed by atoms with van der Waals surface area (Å²) in [4.78, 5) is 34.7. The number of carbonyl (C=O) groups excluding carboxylic acids is 1. The molecule has 2 aromatic heterocycles. The molecule has 34 heavy (non-hydrogen) atoms. The first-order valence-electron chi connectivity index (χ1n) is 10.7. The summed E-state index contributed by atoms with van der Waals surface area (Å²) in [6, 6.07) is 10.3. The first kappa shape index (κ1) is 22.1. The van der Waals surface area contributed by atoms with Crippen molar-refractivity contribution in [3.63, 3.8) is 0 Å². The number of amides is 1. The van der Waals surface area contributed by atoms with E-state index in [2.05, 4.69) is 20.3 Å². The molecule has 0 aliphatic carbocycles. The third-order valence-corrected chi connectivity index (χ3v) is 6.11. The van der Waals surface area contributed by atoms with Gasteiger partial charge in [0.1, 0.15) is 5.82 Å². The molecule has 2 aromatic carbocycles. The molecule has 1 saturated heterocycles. The Morgan fingerprint density at radius 1 is 1.18 bits per heavy atom. The summed E-state index contributed by atoms with van der Waals surface area (Å²) in [6.07, 6.45) is 1.48. The predicted octanol–water partition coefficient (Wildman–Crippen LogP) is 3.51. The topological polar surface area (TPSA) is 96.8 Å². The van der Waals surface area contributed by atoms with E-state index < -0.39 is 17.2 Å². The lowest BCUT2D eigenvalue weighted by Gasteiger charge is -2.32. The van der Waals surface area contributed by atoms with Gasteiger partial charge in [0.25, 0.3) is 11.5 Å². The molecular formula is C23H19ClF2N6O2. The minimum absolute atomic E-state index is 0.0500. The fraction of sp³-hybridized carbons (Fsp3) is 0.261. The largest absolute Gasteiger partial charge is 0.338 e. The van der Waals surface area contributed by atoms with E-state index in [1.165, 1.54) is 10.7 Å². The number of hydrogen-bond donors (Lipinski definition) is 1. The van der Waals surface area contributed by atoms with Crippen LogP contribution in [-0.2, 0) is 6.54 Å². The van der Waals surface area contributed by atoms with Gasteiger partial charge in [-0.3, -0.25) is 9.59 Å². The Hall–Kier alpha value is -3.66. The monoisotopic (exact) mass is 484 g/mol. The van der Waals surface area contributed by atoms with Gasteiger partial charge in [-0.25, -0.2) is 18.4 Å². The van der Waals surface area contributed by atoms with Crippen molar-refractivity contribution in [3.05, 3.63) is 86.4 Å². The summed E-state index contributed by atoms with van der Waals surface area (Å²) in [5.41, 5.74) is 0.787. The molecule has 1 fully saturated rings. The van der Waals surface area contributed by atoms with Crippen LogP contribution >= 0.6 is 11.6 Å². The Labute approximate surface area is 197 Å². The molecule has 1 N–H and O–H groups in total. The van der Waals surface area contributed by atoms with E-state index in [1.54, 1.807) is 29.2 Å². The van der Waals surface area contributed by atoms with Crippen molar-refractivity contribution in [1.82, 2.24) is 29.9 Å². The molecule has 4 aromatic rings. The number of H-pyrrole nitrogens is 1. The van der Waals surface area contributed by atoms with Gasteiger partial charge in [-0.05, 0) is 48.7 Å². The summed E-state index contributed by atoms with van der Waals surface area (Å²) in [6.45, 7) is 1.03. The zero-order chi connectivity index (χ0) is 23.8. The highest BCUT2D eigenvalue weighted by atomic mass is 35.5. The van der Waals surface area contributed by atoms with Crippen LogP contribution in [0.1, 0.15) is 40.5 Å². The van der Waals surface area contributed by atoms with Crippen LogP contribution in [-0.4, -0.2) is 48.9 Å². The highest BCUT2D eigenvalue weighted by molar-refractivity contribution is 6.30. The van der Waals surface area contributed by atoms with E-state index in [0.29, 0.717) is 35.1 Å². The Balaban J connectivity index is 1.43. The van der Waals surface area contributed by atoms with Crippen molar-refractivity contribution in [2.45, 2.75) is 25.3 Å². The van der Waals surface area contributed by atoms with E-state index in [-0.39, 0.29) is 29.5 Å². The van der Waals surface area contributed by atoms with E-state index in [9.17, 15) is 18.4 Å². The molecule has 1 atom stereocenters. The van der Waals surface area contributed by atoms with Crippen LogP contribution in [0, 0.1) is 11.6 Å². The van der Waals surface area contributed by atoms with Crippen molar-refractivity contribution in [2.75, 3.05) is 13.1 Å². The number of likely N-dealkylation sites (tertiary alicyclic amines) is 1. The smallest absolute Gasteiger partial charge is 0.281 e. The molecule has 1 amide bonds. The van der Waals surface area contributed by atoms with Crippen LogP contribution in [0.4, 0.5) is 8.78 Å². The van der Waals surface area contributed by atoms with Gasteiger partial charge in [-0.15, -0.1) is 5.10 Å². The first-order valence-corrected chi connectivity index (χ1v) is 11.1. The molecule has 0 spiro atoms. The molecule has 174 valence electrons. The number of piperidine rings is 1. The van der Waals surface area contributed by atoms with E-state index >= 15 is 0 Å². The van der Waals surface area contributed by atoms with Crippen LogP contribution in [0.25, 0.3) is 11.2 Å². The minimum Gasteiger partial charge on any atom is -0.338 e. The summed E-state index contributed by atoms with van der Waals surface area (Å²) in [5, 5.41) is 8.35. The number of aromatic amines is 1. The summed E-state index contributed by atoms with van der Waals surface area (Å²) in [7, 11) is 0. The molecule has 8 nitrogen and oxygen atoms in total. The molecular weight excluding hydrogens is 466 g/mol. The van der Waals surface area contributed by atoms with Crippen LogP contribution in [0.15, 0.2) is 47.3 Å².